The number of fused-ring (bicyclic) bond motifs is 3. The van der Waals surface area contributed by atoms with Crippen molar-refractivity contribution in [3.63, 3.8) is 0 Å². The molecule has 0 amide bonds. The second-order valence-electron chi connectivity index (χ2n) is 7.17. The van der Waals surface area contributed by atoms with Crippen LogP contribution >= 0.6 is 0 Å². The summed E-state index contributed by atoms with van der Waals surface area (Å²) in [7, 11) is 0. The van der Waals surface area contributed by atoms with E-state index in [4.69, 9.17) is 4.74 Å². The van der Waals surface area contributed by atoms with Crippen LogP contribution in [0.5, 0.6) is 0 Å². The number of benzene rings is 2. The number of hydrogen-bond acceptors (Lipinski definition) is 3. The Kier molecular flexibility index (Phi) is 2.45. The molecule has 2 aromatic rings. The van der Waals surface area contributed by atoms with Crippen molar-refractivity contribution in [2.75, 3.05) is 6.61 Å². The fourth-order valence-electron chi connectivity index (χ4n) is 4.71. The molecule has 2 aliphatic carbocycles. The Morgan fingerprint density at radius 3 is 2.74 bits per heavy atom. The molecular weight excluding hydrogens is 288 g/mol. The third-order valence-electron chi connectivity index (χ3n) is 5.95. The van der Waals surface area contributed by atoms with Gasteiger partial charge in [-0.1, -0.05) is 31.2 Å². The molecule has 3 nitrogen and oxygen atoms in total. The Hall–Kier alpha value is -2.13. The minimum Gasteiger partial charge on any atom is -0.489 e. The number of aliphatic hydroxyl groups is 1. The van der Waals surface area contributed by atoms with Crippen LogP contribution < -0.4 is 0 Å². The molecule has 0 aromatic heterocycles. The van der Waals surface area contributed by atoms with Gasteiger partial charge in [0.1, 0.15) is 0 Å². The molecule has 116 valence electrons. The molecule has 1 aliphatic heterocycles. The third-order valence-corrected chi connectivity index (χ3v) is 5.95. The topological polar surface area (TPSA) is 46.5 Å². The van der Waals surface area contributed by atoms with Crippen molar-refractivity contribution in [3.05, 3.63) is 58.9 Å². The highest BCUT2D eigenvalue weighted by atomic mass is 16.5. The Morgan fingerprint density at radius 1 is 1.22 bits per heavy atom. The summed E-state index contributed by atoms with van der Waals surface area (Å²) in [6.07, 6.45) is 1.21. The van der Waals surface area contributed by atoms with E-state index in [9.17, 15) is 9.90 Å². The molecule has 1 heterocycles. The van der Waals surface area contributed by atoms with Crippen LogP contribution in [0.25, 0.3) is 10.8 Å². The van der Waals surface area contributed by atoms with Crippen LogP contribution in [0.2, 0.25) is 0 Å². The average Bonchev–Trinajstić information content (AvgIpc) is 3.03. The van der Waals surface area contributed by atoms with E-state index in [2.05, 4.69) is 19.1 Å². The lowest BCUT2D eigenvalue weighted by Gasteiger charge is -2.43. The molecule has 0 saturated heterocycles. The van der Waals surface area contributed by atoms with Gasteiger partial charge in [0, 0.05) is 16.9 Å². The first-order valence-electron chi connectivity index (χ1n) is 8.23. The number of hydrogen-bond donors (Lipinski definition) is 1. The number of ketones is 1. The highest BCUT2D eigenvalue weighted by molar-refractivity contribution is 6.13. The summed E-state index contributed by atoms with van der Waals surface area (Å²) in [4.78, 5) is 13.0. The van der Waals surface area contributed by atoms with E-state index in [1.54, 1.807) is 0 Å². The van der Waals surface area contributed by atoms with Crippen LogP contribution in [-0.2, 0) is 10.2 Å². The number of aliphatic hydroxyl groups excluding tert-OH is 1. The number of allylic oxidation sites excluding steroid dienone is 1. The molecule has 1 fully saturated rings. The van der Waals surface area contributed by atoms with Gasteiger partial charge in [-0.25, -0.2) is 0 Å². The molecule has 5 rings (SSSR count). The summed E-state index contributed by atoms with van der Waals surface area (Å²) in [5.74, 6) is 0.446. The van der Waals surface area contributed by atoms with E-state index >= 15 is 0 Å². The van der Waals surface area contributed by atoms with Gasteiger partial charge < -0.3 is 9.84 Å². The minimum atomic E-state index is -0.398. The predicted molar refractivity (Wildman–Crippen MR) is 87.3 cm³/mol. The maximum Gasteiger partial charge on any atom is 0.227 e. The van der Waals surface area contributed by atoms with E-state index in [0.29, 0.717) is 12.4 Å². The van der Waals surface area contributed by atoms with Gasteiger partial charge in [-0.3, -0.25) is 4.79 Å². The lowest BCUT2D eigenvalue weighted by molar-refractivity contribution is 0.0631. The fraction of sp³-hybridized carbons (Fsp3) is 0.350. The molecule has 2 aromatic carbocycles. The minimum absolute atomic E-state index is 0.0187. The van der Waals surface area contributed by atoms with Crippen molar-refractivity contribution in [2.45, 2.75) is 31.3 Å². The van der Waals surface area contributed by atoms with Crippen molar-refractivity contribution < 1.29 is 14.6 Å². The van der Waals surface area contributed by atoms with Crippen molar-refractivity contribution in [3.8, 4) is 0 Å². The predicted octanol–water partition coefficient (Wildman–Crippen LogP) is 3.35. The fourth-order valence-corrected chi connectivity index (χ4v) is 4.71. The molecule has 23 heavy (non-hydrogen) atoms. The molecular formula is C20H18O3. The van der Waals surface area contributed by atoms with Gasteiger partial charge in [-0.2, -0.15) is 0 Å². The van der Waals surface area contributed by atoms with E-state index < -0.39 is 6.10 Å². The number of rotatable bonds is 0. The van der Waals surface area contributed by atoms with Gasteiger partial charge >= 0.3 is 0 Å². The standard InChI is InChI=1S/C20H18O3/c1-20-7-6-16(21)14-10-23-19(17(14)20)18(22)13-8-11-4-2-3-5-12(11)9-15(13)20/h2-5,8-9,14,16,21H,6-7,10H2,1H3/t14-,16-,20-/m0/s1. The van der Waals surface area contributed by atoms with Crippen LogP contribution in [0.4, 0.5) is 0 Å². The highest BCUT2D eigenvalue weighted by Crippen LogP contribution is 2.54. The number of carbonyl (C=O) groups is 1. The maximum atomic E-state index is 13.0. The smallest absolute Gasteiger partial charge is 0.227 e. The highest BCUT2D eigenvalue weighted by Gasteiger charge is 2.53. The second kappa shape index (κ2) is 4.24. The van der Waals surface area contributed by atoms with E-state index in [1.807, 2.05) is 24.3 Å². The van der Waals surface area contributed by atoms with Crippen LogP contribution in [0, 0.1) is 5.92 Å². The van der Waals surface area contributed by atoms with Crippen molar-refractivity contribution in [1.82, 2.24) is 0 Å². The Labute approximate surface area is 134 Å². The van der Waals surface area contributed by atoms with Crippen molar-refractivity contribution in [2.24, 2.45) is 5.92 Å². The first kappa shape index (κ1) is 13.3. The average molecular weight is 306 g/mol. The van der Waals surface area contributed by atoms with E-state index in [1.165, 1.54) is 0 Å². The number of ether oxygens (including phenoxy) is 1. The zero-order chi connectivity index (χ0) is 15.8. The van der Waals surface area contributed by atoms with Gasteiger partial charge in [-0.15, -0.1) is 0 Å². The largest absolute Gasteiger partial charge is 0.489 e. The maximum absolute atomic E-state index is 13.0. The quantitative estimate of drug-likeness (QED) is 0.812. The van der Waals surface area contributed by atoms with Gasteiger partial charge in [0.2, 0.25) is 5.78 Å². The van der Waals surface area contributed by atoms with Gasteiger partial charge in [0.25, 0.3) is 0 Å². The monoisotopic (exact) mass is 306 g/mol. The van der Waals surface area contributed by atoms with Gasteiger partial charge in [-0.05, 0) is 46.9 Å². The zero-order valence-corrected chi connectivity index (χ0v) is 13.0. The third kappa shape index (κ3) is 1.56. The zero-order valence-electron chi connectivity index (χ0n) is 13.0. The van der Waals surface area contributed by atoms with Crippen LogP contribution in [0.15, 0.2) is 47.7 Å². The van der Waals surface area contributed by atoms with Crippen molar-refractivity contribution >= 4 is 16.6 Å². The normalized spacial score (nSPS) is 31.8. The molecule has 3 heteroatoms. The van der Waals surface area contributed by atoms with Crippen LogP contribution in [0.1, 0.15) is 35.7 Å². The van der Waals surface area contributed by atoms with E-state index in [-0.39, 0.29) is 17.1 Å². The number of Topliss-reactive ketones (excluding diaryl/α,β-unsaturated/α-hetero) is 1. The van der Waals surface area contributed by atoms with Crippen LogP contribution in [0.3, 0.4) is 0 Å². The summed E-state index contributed by atoms with van der Waals surface area (Å²) < 4.78 is 5.76. The summed E-state index contributed by atoms with van der Waals surface area (Å²) in [5, 5.41) is 12.6. The molecule has 3 aliphatic rings. The Morgan fingerprint density at radius 2 is 1.96 bits per heavy atom. The molecule has 3 atom stereocenters. The Balaban J connectivity index is 1.83. The molecule has 0 spiro atoms. The van der Waals surface area contributed by atoms with Crippen molar-refractivity contribution in [1.29, 1.82) is 0 Å². The Bertz CT molecular complexity index is 895. The first-order chi connectivity index (χ1) is 11.1. The SMILES string of the molecule is C[C@@]12CC[C@H](O)[C@@H]3COC(=C31)C(=O)c1cc3ccccc3cc12. The molecule has 0 bridgehead atoms. The second-order valence-corrected chi connectivity index (χ2v) is 7.17. The summed E-state index contributed by atoms with van der Waals surface area (Å²) in [6.45, 7) is 2.64. The molecule has 1 saturated carbocycles. The first-order valence-corrected chi connectivity index (χ1v) is 8.23. The molecule has 1 N–H and O–H groups in total. The lowest BCUT2D eigenvalue weighted by atomic mass is 9.59. The molecule has 0 radical (unpaired) electrons. The summed E-state index contributed by atoms with van der Waals surface area (Å²) in [5.41, 5.74) is 2.69. The van der Waals surface area contributed by atoms with Gasteiger partial charge in [0.05, 0.1) is 12.7 Å². The summed E-state index contributed by atoms with van der Waals surface area (Å²) >= 11 is 0. The van der Waals surface area contributed by atoms with Crippen LogP contribution in [-0.4, -0.2) is 23.6 Å². The van der Waals surface area contributed by atoms with Gasteiger partial charge in [0.15, 0.2) is 5.76 Å². The van der Waals surface area contributed by atoms with E-state index in [0.717, 1.165) is 40.3 Å². The summed E-state index contributed by atoms with van der Waals surface area (Å²) in [6, 6.07) is 12.3. The number of carbonyl (C=O) groups excluding carboxylic acids is 1. The lowest BCUT2D eigenvalue weighted by Crippen LogP contribution is -2.43. The molecule has 0 unspecified atom stereocenters.